The number of nitrogens with zero attached hydrogens (tertiary/aromatic N) is 4. The van der Waals surface area contributed by atoms with Gasteiger partial charge in [-0.25, -0.2) is 0 Å². The Hall–Kier alpha value is -2.31. The molecule has 4 heterocycles. The Balaban J connectivity index is 1.47. The van der Waals surface area contributed by atoms with Gasteiger partial charge >= 0.3 is 0 Å². The summed E-state index contributed by atoms with van der Waals surface area (Å²) >= 11 is 0. The van der Waals surface area contributed by atoms with Crippen molar-refractivity contribution < 1.29 is 9.53 Å². The molecule has 2 fully saturated rings. The van der Waals surface area contributed by atoms with E-state index in [-0.39, 0.29) is 11.8 Å². The standard InChI is InChI=1S/C20H24N4O2/c1-23(12-18-6-2-3-8-22-18)19(25)20-14-24(11-17(20)13-26-15-20)10-16-5-4-7-21-9-16/h2-9,17H,10-15H2,1H3/t17-,20-/m1/s1. The minimum Gasteiger partial charge on any atom is -0.380 e. The Morgan fingerprint density at radius 3 is 3.04 bits per heavy atom. The summed E-state index contributed by atoms with van der Waals surface area (Å²) in [4.78, 5) is 26.0. The first-order chi connectivity index (χ1) is 12.7. The maximum atomic E-state index is 13.3. The molecule has 136 valence electrons. The van der Waals surface area contributed by atoms with Gasteiger partial charge in [-0.15, -0.1) is 0 Å². The van der Waals surface area contributed by atoms with Crippen molar-refractivity contribution in [3.63, 3.8) is 0 Å². The van der Waals surface area contributed by atoms with Gasteiger partial charge in [-0.1, -0.05) is 12.1 Å². The summed E-state index contributed by atoms with van der Waals surface area (Å²) in [5, 5.41) is 0. The number of likely N-dealkylation sites (tertiary alicyclic amines) is 1. The van der Waals surface area contributed by atoms with Crippen molar-refractivity contribution >= 4 is 5.91 Å². The van der Waals surface area contributed by atoms with Crippen molar-refractivity contribution in [3.05, 3.63) is 60.2 Å². The second-order valence-electron chi connectivity index (χ2n) is 7.38. The molecular formula is C20H24N4O2. The fraction of sp³-hybridized carbons (Fsp3) is 0.450. The number of carbonyl (C=O) groups excluding carboxylic acids is 1. The summed E-state index contributed by atoms with van der Waals surface area (Å²) in [5.41, 5.74) is 1.64. The molecule has 0 aliphatic carbocycles. The number of hydrogen-bond acceptors (Lipinski definition) is 5. The molecule has 0 unspecified atom stereocenters. The first-order valence-electron chi connectivity index (χ1n) is 9.02. The number of ether oxygens (including phenoxy) is 1. The lowest BCUT2D eigenvalue weighted by Crippen LogP contribution is -2.47. The zero-order chi connectivity index (χ0) is 18.0. The summed E-state index contributed by atoms with van der Waals surface area (Å²) in [6.07, 6.45) is 5.44. The van der Waals surface area contributed by atoms with Gasteiger partial charge in [0.1, 0.15) is 0 Å². The highest BCUT2D eigenvalue weighted by molar-refractivity contribution is 5.84. The van der Waals surface area contributed by atoms with E-state index in [1.165, 1.54) is 5.56 Å². The zero-order valence-electron chi connectivity index (χ0n) is 15.0. The summed E-state index contributed by atoms with van der Waals surface area (Å²) < 4.78 is 5.73. The molecule has 2 aliphatic heterocycles. The van der Waals surface area contributed by atoms with Crippen LogP contribution in [0.1, 0.15) is 11.3 Å². The van der Waals surface area contributed by atoms with Gasteiger partial charge in [-0.3, -0.25) is 19.7 Å². The van der Waals surface area contributed by atoms with Crippen LogP contribution in [-0.2, 0) is 22.6 Å². The monoisotopic (exact) mass is 352 g/mol. The number of carbonyl (C=O) groups is 1. The van der Waals surface area contributed by atoms with Crippen LogP contribution in [0.15, 0.2) is 48.9 Å². The third-order valence-electron chi connectivity index (χ3n) is 5.47. The fourth-order valence-corrected chi connectivity index (χ4v) is 4.20. The lowest BCUT2D eigenvalue weighted by atomic mass is 9.79. The molecule has 2 aromatic heterocycles. The van der Waals surface area contributed by atoms with Gasteiger partial charge in [0.05, 0.1) is 30.9 Å². The van der Waals surface area contributed by atoms with E-state index >= 15 is 0 Å². The van der Waals surface area contributed by atoms with Crippen LogP contribution >= 0.6 is 0 Å². The van der Waals surface area contributed by atoms with Crippen LogP contribution in [0.5, 0.6) is 0 Å². The first kappa shape index (κ1) is 17.1. The molecule has 0 saturated carbocycles. The van der Waals surface area contributed by atoms with Crippen LogP contribution in [0, 0.1) is 11.3 Å². The average molecular weight is 352 g/mol. The highest BCUT2D eigenvalue weighted by Crippen LogP contribution is 2.43. The Labute approximate surface area is 153 Å². The van der Waals surface area contributed by atoms with Crippen molar-refractivity contribution in [1.82, 2.24) is 19.8 Å². The maximum absolute atomic E-state index is 13.3. The van der Waals surface area contributed by atoms with Crippen molar-refractivity contribution in [2.75, 3.05) is 33.4 Å². The number of fused-ring (bicyclic) bond motifs is 1. The second-order valence-corrected chi connectivity index (χ2v) is 7.38. The molecule has 6 heteroatoms. The third-order valence-corrected chi connectivity index (χ3v) is 5.47. The van der Waals surface area contributed by atoms with Gasteiger partial charge in [0.25, 0.3) is 0 Å². The van der Waals surface area contributed by atoms with Crippen LogP contribution in [0.4, 0.5) is 0 Å². The smallest absolute Gasteiger partial charge is 0.232 e. The minimum absolute atomic E-state index is 0.166. The van der Waals surface area contributed by atoms with Gasteiger partial charge < -0.3 is 9.64 Å². The number of pyridine rings is 2. The fourth-order valence-electron chi connectivity index (χ4n) is 4.20. The molecule has 1 amide bonds. The van der Waals surface area contributed by atoms with Gasteiger partial charge in [-0.05, 0) is 23.8 Å². The summed E-state index contributed by atoms with van der Waals surface area (Å²) in [7, 11) is 1.87. The Kier molecular flexibility index (Phi) is 4.70. The molecule has 26 heavy (non-hydrogen) atoms. The summed E-state index contributed by atoms with van der Waals surface area (Å²) in [6.45, 7) is 4.13. The van der Waals surface area contributed by atoms with Gasteiger partial charge in [0.15, 0.2) is 0 Å². The van der Waals surface area contributed by atoms with Crippen LogP contribution in [0.25, 0.3) is 0 Å². The van der Waals surface area contributed by atoms with E-state index in [4.69, 9.17) is 4.74 Å². The minimum atomic E-state index is -0.439. The third kappa shape index (κ3) is 3.22. The molecular weight excluding hydrogens is 328 g/mol. The van der Waals surface area contributed by atoms with E-state index in [2.05, 4.69) is 20.9 Å². The van der Waals surface area contributed by atoms with Gasteiger partial charge in [0.2, 0.25) is 5.91 Å². The predicted octanol–water partition coefficient (Wildman–Crippen LogP) is 1.58. The van der Waals surface area contributed by atoms with E-state index in [9.17, 15) is 4.79 Å². The predicted molar refractivity (Wildman–Crippen MR) is 97.0 cm³/mol. The van der Waals surface area contributed by atoms with Crippen LogP contribution in [0.2, 0.25) is 0 Å². The van der Waals surface area contributed by atoms with E-state index in [0.29, 0.717) is 19.8 Å². The van der Waals surface area contributed by atoms with Crippen LogP contribution in [0.3, 0.4) is 0 Å². The normalized spacial score (nSPS) is 25.2. The highest BCUT2D eigenvalue weighted by Gasteiger charge is 2.56. The number of hydrogen-bond donors (Lipinski definition) is 0. The molecule has 6 nitrogen and oxygen atoms in total. The number of rotatable bonds is 5. The molecule has 0 N–H and O–H groups in total. The molecule has 0 bridgehead atoms. The van der Waals surface area contributed by atoms with Crippen LogP contribution < -0.4 is 0 Å². The van der Waals surface area contributed by atoms with E-state index < -0.39 is 5.41 Å². The van der Waals surface area contributed by atoms with Crippen molar-refractivity contribution in [1.29, 1.82) is 0 Å². The SMILES string of the molecule is CN(Cc1ccccn1)C(=O)[C@]12COC[C@H]1CN(Cc1cccnc1)C2. The first-order valence-corrected chi connectivity index (χ1v) is 9.02. The molecule has 0 radical (unpaired) electrons. The quantitative estimate of drug-likeness (QED) is 0.818. The summed E-state index contributed by atoms with van der Waals surface area (Å²) in [5.74, 6) is 0.414. The molecule has 4 rings (SSSR count). The lowest BCUT2D eigenvalue weighted by molar-refractivity contribution is -0.142. The molecule has 2 atom stereocenters. The molecule has 0 aromatic carbocycles. The second kappa shape index (κ2) is 7.13. The number of amides is 1. The highest BCUT2D eigenvalue weighted by atomic mass is 16.5. The molecule has 0 spiro atoms. The topological polar surface area (TPSA) is 58.6 Å². The van der Waals surface area contributed by atoms with Crippen molar-refractivity contribution in [3.8, 4) is 0 Å². The number of aromatic nitrogens is 2. The van der Waals surface area contributed by atoms with Gasteiger partial charge in [0, 0.05) is 51.2 Å². The van der Waals surface area contributed by atoms with E-state index in [1.807, 2.05) is 37.5 Å². The lowest BCUT2D eigenvalue weighted by Gasteiger charge is -2.31. The average Bonchev–Trinajstić information content (AvgIpc) is 3.20. The zero-order valence-corrected chi connectivity index (χ0v) is 15.0. The molecule has 2 aliphatic rings. The Morgan fingerprint density at radius 1 is 1.35 bits per heavy atom. The molecule has 2 saturated heterocycles. The van der Waals surface area contributed by atoms with Gasteiger partial charge in [-0.2, -0.15) is 0 Å². The summed E-state index contributed by atoms with van der Waals surface area (Å²) in [6, 6.07) is 9.83. The Bertz CT molecular complexity index is 755. The van der Waals surface area contributed by atoms with Crippen molar-refractivity contribution in [2.45, 2.75) is 13.1 Å². The maximum Gasteiger partial charge on any atom is 0.232 e. The Morgan fingerprint density at radius 2 is 2.27 bits per heavy atom. The van der Waals surface area contributed by atoms with E-state index in [0.717, 1.165) is 25.3 Å². The van der Waals surface area contributed by atoms with E-state index in [1.54, 1.807) is 17.3 Å². The molecule has 2 aromatic rings. The van der Waals surface area contributed by atoms with Crippen LogP contribution in [-0.4, -0.2) is 59.0 Å². The largest absolute Gasteiger partial charge is 0.380 e. The van der Waals surface area contributed by atoms with Crippen molar-refractivity contribution in [2.24, 2.45) is 11.3 Å².